The molecule has 2 aliphatic heterocycles. The summed E-state index contributed by atoms with van der Waals surface area (Å²) < 4.78 is 7.85. The molecule has 118 valence electrons. The number of ether oxygens (including phenoxy) is 1. The number of rotatable bonds is 4. The van der Waals surface area contributed by atoms with Gasteiger partial charge < -0.3 is 14.4 Å². The van der Waals surface area contributed by atoms with Crippen LogP contribution in [-0.2, 0) is 17.8 Å². The molecule has 5 nitrogen and oxygen atoms in total. The number of likely N-dealkylation sites (tertiary alicyclic amines) is 1. The molecule has 2 saturated heterocycles. The van der Waals surface area contributed by atoms with Gasteiger partial charge in [0, 0.05) is 37.5 Å². The number of aryl methyl sites for hydroxylation is 1. The maximum atomic E-state index is 10.7. The first-order valence-corrected chi connectivity index (χ1v) is 8.16. The van der Waals surface area contributed by atoms with Gasteiger partial charge in [-0.15, -0.1) is 0 Å². The van der Waals surface area contributed by atoms with Crippen molar-refractivity contribution in [3.05, 3.63) is 18.2 Å². The fraction of sp³-hybridized carbons (Fsp3) is 0.812. The lowest BCUT2D eigenvalue weighted by Crippen LogP contribution is -2.52. The van der Waals surface area contributed by atoms with Gasteiger partial charge in [0.1, 0.15) is 5.82 Å². The lowest BCUT2D eigenvalue weighted by molar-refractivity contribution is -0.123. The van der Waals surface area contributed by atoms with Crippen molar-refractivity contribution in [1.82, 2.24) is 14.5 Å². The van der Waals surface area contributed by atoms with E-state index < -0.39 is 5.60 Å². The topological polar surface area (TPSA) is 50.5 Å². The molecule has 0 saturated carbocycles. The molecule has 0 spiro atoms. The maximum Gasteiger partial charge on any atom is 0.122 e. The second-order valence-electron chi connectivity index (χ2n) is 6.60. The normalized spacial score (nSPS) is 34.4. The van der Waals surface area contributed by atoms with Gasteiger partial charge in [0.05, 0.1) is 18.8 Å². The number of imidazole rings is 1. The molecule has 0 radical (unpaired) electrons. The van der Waals surface area contributed by atoms with Crippen molar-refractivity contribution in [3.63, 3.8) is 0 Å². The molecule has 21 heavy (non-hydrogen) atoms. The number of aliphatic hydroxyl groups is 1. The summed E-state index contributed by atoms with van der Waals surface area (Å²) >= 11 is 0. The summed E-state index contributed by atoms with van der Waals surface area (Å²) in [7, 11) is 0. The second-order valence-corrected chi connectivity index (χ2v) is 6.60. The zero-order valence-electron chi connectivity index (χ0n) is 13.2. The van der Waals surface area contributed by atoms with Crippen LogP contribution in [0.2, 0.25) is 0 Å². The summed E-state index contributed by atoms with van der Waals surface area (Å²) in [6.45, 7) is 8.40. The van der Waals surface area contributed by atoms with E-state index in [2.05, 4.69) is 21.4 Å². The number of nitrogens with zero attached hydrogens (tertiary/aromatic N) is 3. The third-order valence-electron chi connectivity index (χ3n) is 5.21. The van der Waals surface area contributed by atoms with Crippen molar-refractivity contribution in [3.8, 4) is 0 Å². The quantitative estimate of drug-likeness (QED) is 0.917. The van der Waals surface area contributed by atoms with Gasteiger partial charge in [-0.3, -0.25) is 4.90 Å². The number of aromatic nitrogens is 2. The van der Waals surface area contributed by atoms with Crippen molar-refractivity contribution in [1.29, 1.82) is 0 Å². The highest BCUT2D eigenvalue weighted by Gasteiger charge is 2.44. The molecular formula is C16H27N3O2. The monoisotopic (exact) mass is 293 g/mol. The molecule has 2 aliphatic rings. The first kappa shape index (κ1) is 15.0. The molecule has 0 aliphatic carbocycles. The van der Waals surface area contributed by atoms with Crippen molar-refractivity contribution >= 4 is 0 Å². The second kappa shape index (κ2) is 6.07. The molecule has 1 aromatic rings. The molecule has 1 aromatic heterocycles. The van der Waals surface area contributed by atoms with E-state index in [1.807, 2.05) is 19.3 Å². The van der Waals surface area contributed by atoms with Crippen molar-refractivity contribution < 1.29 is 9.84 Å². The van der Waals surface area contributed by atoms with Gasteiger partial charge in [-0.05, 0) is 39.7 Å². The largest absolute Gasteiger partial charge is 0.390 e. The van der Waals surface area contributed by atoms with Gasteiger partial charge in [-0.25, -0.2) is 4.98 Å². The minimum absolute atomic E-state index is 0.207. The highest BCUT2D eigenvalue weighted by Crippen LogP contribution is 2.36. The van der Waals surface area contributed by atoms with Crippen LogP contribution in [-0.4, -0.2) is 51.0 Å². The van der Waals surface area contributed by atoms with E-state index in [9.17, 15) is 5.11 Å². The van der Waals surface area contributed by atoms with Gasteiger partial charge in [0.15, 0.2) is 0 Å². The van der Waals surface area contributed by atoms with Crippen LogP contribution in [0.1, 0.15) is 38.9 Å². The Morgan fingerprint density at radius 2 is 2.38 bits per heavy atom. The molecular weight excluding hydrogens is 266 g/mol. The molecule has 3 heterocycles. The van der Waals surface area contributed by atoms with Crippen LogP contribution in [0, 0.1) is 5.92 Å². The van der Waals surface area contributed by atoms with E-state index in [0.717, 1.165) is 38.3 Å². The first-order valence-electron chi connectivity index (χ1n) is 8.16. The third kappa shape index (κ3) is 3.00. The van der Waals surface area contributed by atoms with Crippen molar-refractivity contribution in [2.24, 2.45) is 5.92 Å². The van der Waals surface area contributed by atoms with Gasteiger partial charge in [0.2, 0.25) is 0 Å². The van der Waals surface area contributed by atoms with Crippen molar-refractivity contribution in [2.75, 3.05) is 19.8 Å². The molecule has 0 amide bonds. The zero-order valence-corrected chi connectivity index (χ0v) is 13.2. The van der Waals surface area contributed by atoms with Gasteiger partial charge >= 0.3 is 0 Å². The Bertz CT molecular complexity index is 472. The standard InChI is InChI=1S/C16H27N3O2/c1-3-18-9-7-17-15(18)11-19-8-4-5-14(19)13-12-21-10-6-16(13,2)20/h7,9,13-14,20H,3-6,8,10-12H2,1-2H3/t13-,14-,16+/m1/s1. The van der Waals surface area contributed by atoms with E-state index in [4.69, 9.17) is 4.74 Å². The minimum atomic E-state index is -0.605. The Balaban J connectivity index is 1.73. The molecule has 1 N–H and O–H groups in total. The summed E-state index contributed by atoms with van der Waals surface area (Å²) in [5.41, 5.74) is -0.605. The number of hydrogen-bond donors (Lipinski definition) is 1. The van der Waals surface area contributed by atoms with E-state index in [1.54, 1.807) is 0 Å². The van der Waals surface area contributed by atoms with E-state index in [-0.39, 0.29) is 5.92 Å². The van der Waals surface area contributed by atoms with E-state index in [1.165, 1.54) is 6.42 Å². The molecule has 5 heteroatoms. The average molecular weight is 293 g/mol. The lowest BCUT2D eigenvalue weighted by Gasteiger charge is -2.43. The molecule has 0 unspecified atom stereocenters. The van der Waals surface area contributed by atoms with Gasteiger partial charge in [-0.1, -0.05) is 0 Å². The zero-order chi connectivity index (χ0) is 14.9. The highest BCUT2D eigenvalue weighted by molar-refractivity contribution is 4.99. The maximum absolute atomic E-state index is 10.7. The Hall–Kier alpha value is -0.910. The lowest BCUT2D eigenvalue weighted by atomic mass is 9.79. The first-order chi connectivity index (χ1) is 10.1. The summed E-state index contributed by atoms with van der Waals surface area (Å²) in [4.78, 5) is 6.98. The molecule has 0 bridgehead atoms. The minimum Gasteiger partial charge on any atom is -0.390 e. The van der Waals surface area contributed by atoms with Gasteiger partial charge in [-0.2, -0.15) is 0 Å². The Morgan fingerprint density at radius 1 is 1.52 bits per heavy atom. The van der Waals surface area contributed by atoms with Crippen LogP contribution in [0.15, 0.2) is 12.4 Å². The van der Waals surface area contributed by atoms with Crippen LogP contribution in [0.3, 0.4) is 0 Å². The van der Waals surface area contributed by atoms with E-state index >= 15 is 0 Å². The van der Waals surface area contributed by atoms with Crippen LogP contribution in [0.5, 0.6) is 0 Å². The Labute approximate surface area is 126 Å². The molecule has 0 aromatic carbocycles. The predicted molar refractivity (Wildman–Crippen MR) is 80.9 cm³/mol. The molecule has 3 atom stereocenters. The SMILES string of the molecule is CCn1ccnc1CN1CCC[C@@H]1[C@H]1COCC[C@]1(C)O. The van der Waals surface area contributed by atoms with Crippen LogP contribution >= 0.6 is 0 Å². The highest BCUT2D eigenvalue weighted by atomic mass is 16.5. The summed E-state index contributed by atoms with van der Waals surface area (Å²) in [6, 6.07) is 0.405. The van der Waals surface area contributed by atoms with Crippen LogP contribution in [0.25, 0.3) is 0 Å². The predicted octanol–water partition coefficient (Wildman–Crippen LogP) is 1.65. The van der Waals surface area contributed by atoms with Crippen LogP contribution in [0.4, 0.5) is 0 Å². The summed E-state index contributed by atoms with van der Waals surface area (Å²) in [6.07, 6.45) is 7.01. The molecule has 3 rings (SSSR count). The van der Waals surface area contributed by atoms with Gasteiger partial charge in [0.25, 0.3) is 0 Å². The third-order valence-corrected chi connectivity index (χ3v) is 5.21. The fourth-order valence-corrected chi connectivity index (χ4v) is 3.84. The summed E-state index contributed by atoms with van der Waals surface area (Å²) in [5.74, 6) is 1.33. The smallest absolute Gasteiger partial charge is 0.122 e. The summed E-state index contributed by atoms with van der Waals surface area (Å²) in [5, 5.41) is 10.7. The Kier molecular flexibility index (Phi) is 4.33. The Morgan fingerprint density at radius 3 is 3.14 bits per heavy atom. The average Bonchev–Trinajstić information content (AvgIpc) is 3.08. The van der Waals surface area contributed by atoms with E-state index in [0.29, 0.717) is 19.3 Å². The molecule has 2 fully saturated rings. The van der Waals surface area contributed by atoms with Crippen LogP contribution < -0.4 is 0 Å². The fourth-order valence-electron chi connectivity index (χ4n) is 3.84. The van der Waals surface area contributed by atoms with Crippen molar-refractivity contribution in [2.45, 2.75) is 57.8 Å². The number of hydrogen-bond acceptors (Lipinski definition) is 4.